The summed E-state index contributed by atoms with van der Waals surface area (Å²) in [5, 5.41) is 0. The molecule has 3 nitrogen and oxygen atoms in total. The van der Waals surface area contributed by atoms with Crippen LogP contribution in [0.4, 0.5) is 0 Å². The molecule has 1 aromatic carbocycles. The first-order valence-electron chi connectivity index (χ1n) is 6.15. The third-order valence-electron chi connectivity index (χ3n) is 2.73. The smallest absolute Gasteiger partial charge is 0.237 e. The average Bonchev–Trinajstić information content (AvgIpc) is 2.39. The molecule has 0 atom stereocenters. The minimum Gasteiger partial charge on any atom is -0.437 e. The molecule has 0 aliphatic carbocycles. The van der Waals surface area contributed by atoms with Crippen LogP contribution in [0.3, 0.4) is 0 Å². The van der Waals surface area contributed by atoms with Crippen molar-refractivity contribution in [3.63, 3.8) is 0 Å². The van der Waals surface area contributed by atoms with Crippen LogP contribution >= 0.6 is 11.6 Å². The summed E-state index contributed by atoms with van der Waals surface area (Å²) >= 11 is 5.68. The van der Waals surface area contributed by atoms with Crippen LogP contribution in [0, 0.1) is 0 Å². The molecule has 0 aliphatic rings. The standard InChI is InChI=1S/C15H17ClN2O/c1-15(2,3)12-6-4-5-7-13(12)19-14-10-17-11(8-16)9-18-14/h4-7,9-10H,8H2,1-3H3. The SMILES string of the molecule is CC(C)(C)c1ccccc1Oc1cnc(CCl)cn1. The van der Waals surface area contributed by atoms with Crippen molar-refractivity contribution in [3.8, 4) is 11.6 Å². The number of benzene rings is 1. The molecule has 4 heteroatoms. The van der Waals surface area contributed by atoms with Crippen LogP contribution in [0.1, 0.15) is 32.0 Å². The number of halogens is 1. The van der Waals surface area contributed by atoms with Gasteiger partial charge in [0.1, 0.15) is 5.75 Å². The predicted molar refractivity (Wildman–Crippen MR) is 76.8 cm³/mol. The molecule has 0 fully saturated rings. The van der Waals surface area contributed by atoms with Crippen molar-refractivity contribution in [2.45, 2.75) is 32.1 Å². The second-order valence-electron chi connectivity index (χ2n) is 5.33. The molecule has 19 heavy (non-hydrogen) atoms. The molecule has 2 aromatic rings. The van der Waals surface area contributed by atoms with Gasteiger partial charge in [-0.05, 0) is 11.5 Å². The molecule has 0 radical (unpaired) electrons. The molecule has 0 amide bonds. The van der Waals surface area contributed by atoms with Gasteiger partial charge in [-0.25, -0.2) is 4.98 Å². The van der Waals surface area contributed by atoms with E-state index in [0.717, 1.165) is 17.0 Å². The van der Waals surface area contributed by atoms with Gasteiger partial charge in [0.2, 0.25) is 5.88 Å². The second kappa shape index (κ2) is 5.57. The fraction of sp³-hybridized carbons (Fsp3) is 0.333. The largest absolute Gasteiger partial charge is 0.437 e. The van der Waals surface area contributed by atoms with Gasteiger partial charge >= 0.3 is 0 Å². The van der Waals surface area contributed by atoms with Gasteiger partial charge in [0.25, 0.3) is 0 Å². The van der Waals surface area contributed by atoms with E-state index in [1.165, 1.54) is 0 Å². The number of hydrogen-bond donors (Lipinski definition) is 0. The topological polar surface area (TPSA) is 35.0 Å². The van der Waals surface area contributed by atoms with Gasteiger partial charge in [-0.1, -0.05) is 39.0 Å². The highest BCUT2D eigenvalue weighted by molar-refractivity contribution is 6.16. The Morgan fingerprint density at radius 1 is 1.11 bits per heavy atom. The summed E-state index contributed by atoms with van der Waals surface area (Å²) in [6.45, 7) is 6.45. The Labute approximate surface area is 118 Å². The molecule has 0 unspecified atom stereocenters. The first kappa shape index (κ1) is 13.8. The molecule has 0 saturated heterocycles. The van der Waals surface area contributed by atoms with Gasteiger partial charge in [0.15, 0.2) is 0 Å². The number of alkyl halides is 1. The van der Waals surface area contributed by atoms with Crippen molar-refractivity contribution in [2.75, 3.05) is 0 Å². The third kappa shape index (κ3) is 3.44. The van der Waals surface area contributed by atoms with Crippen LogP contribution in [0.15, 0.2) is 36.7 Å². The van der Waals surface area contributed by atoms with E-state index in [2.05, 4.69) is 36.8 Å². The number of aromatic nitrogens is 2. The second-order valence-corrected chi connectivity index (χ2v) is 5.60. The number of hydrogen-bond acceptors (Lipinski definition) is 3. The van der Waals surface area contributed by atoms with Crippen LogP contribution in [-0.4, -0.2) is 9.97 Å². The van der Waals surface area contributed by atoms with Crippen molar-refractivity contribution < 1.29 is 4.74 Å². The summed E-state index contributed by atoms with van der Waals surface area (Å²) in [7, 11) is 0. The van der Waals surface area contributed by atoms with Crippen LogP contribution < -0.4 is 4.74 Å². The van der Waals surface area contributed by atoms with Crippen molar-refractivity contribution in [1.82, 2.24) is 9.97 Å². The Bertz CT molecular complexity index is 547. The molecule has 0 aliphatic heterocycles. The Morgan fingerprint density at radius 2 is 1.84 bits per heavy atom. The van der Waals surface area contributed by atoms with E-state index in [9.17, 15) is 0 Å². The lowest BCUT2D eigenvalue weighted by molar-refractivity contribution is 0.437. The van der Waals surface area contributed by atoms with Crippen LogP contribution in [-0.2, 0) is 11.3 Å². The quantitative estimate of drug-likeness (QED) is 0.784. The summed E-state index contributed by atoms with van der Waals surface area (Å²) in [4.78, 5) is 8.36. The minimum absolute atomic E-state index is 0.0140. The van der Waals surface area contributed by atoms with E-state index in [1.807, 2.05) is 18.2 Å². The number of nitrogens with zero attached hydrogens (tertiary/aromatic N) is 2. The fourth-order valence-electron chi connectivity index (χ4n) is 1.75. The maximum absolute atomic E-state index is 5.82. The highest BCUT2D eigenvalue weighted by atomic mass is 35.5. The molecule has 2 rings (SSSR count). The van der Waals surface area contributed by atoms with E-state index < -0.39 is 0 Å². The Kier molecular flexibility index (Phi) is 4.05. The van der Waals surface area contributed by atoms with Crippen molar-refractivity contribution in [3.05, 3.63) is 47.9 Å². The Balaban J connectivity index is 2.28. The summed E-state index contributed by atoms with van der Waals surface area (Å²) in [6, 6.07) is 7.97. The van der Waals surface area contributed by atoms with Gasteiger partial charge in [-0.15, -0.1) is 11.6 Å². The lowest BCUT2D eigenvalue weighted by Gasteiger charge is -2.22. The summed E-state index contributed by atoms with van der Waals surface area (Å²) < 4.78 is 5.82. The predicted octanol–water partition coefficient (Wildman–Crippen LogP) is 4.31. The highest BCUT2D eigenvalue weighted by Gasteiger charge is 2.18. The lowest BCUT2D eigenvalue weighted by atomic mass is 9.86. The van der Waals surface area contributed by atoms with Crippen molar-refractivity contribution in [1.29, 1.82) is 0 Å². The fourth-order valence-corrected chi connectivity index (χ4v) is 1.89. The van der Waals surface area contributed by atoms with Gasteiger partial charge in [0, 0.05) is 5.56 Å². The summed E-state index contributed by atoms with van der Waals surface area (Å²) in [6.07, 6.45) is 3.22. The van der Waals surface area contributed by atoms with Gasteiger partial charge in [-0.2, -0.15) is 0 Å². The first-order valence-corrected chi connectivity index (χ1v) is 6.68. The Hall–Kier alpha value is -1.61. The minimum atomic E-state index is 0.0140. The van der Waals surface area contributed by atoms with Gasteiger partial charge in [0.05, 0.1) is 24.0 Å². The normalized spacial score (nSPS) is 11.4. The molecule has 0 spiro atoms. The molecule has 0 N–H and O–H groups in total. The van der Waals surface area contributed by atoms with E-state index in [1.54, 1.807) is 12.4 Å². The molecule has 1 aromatic heterocycles. The highest BCUT2D eigenvalue weighted by Crippen LogP contribution is 2.33. The lowest BCUT2D eigenvalue weighted by Crippen LogP contribution is -2.12. The van der Waals surface area contributed by atoms with E-state index in [-0.39, 0.29) is 5.41 Å². The van der Waals surface area contributed by atoms with Crippen molar-refractivity contribution >= 4 is 11.6 Å². The van der Waals surface area contributed by atoms with E-state index in [4.69, 9.17) is 16.3 Å². The third-order valence-corrected chi connectivity index (χ3v) is 3.00. The molecule has 0 bridgehead atoms. The number of rotatable bonds is 3. The maximum Gasteiger partial charge on any atom is 0.237 e. The molecule has 1 heterocycles. The summed E-state index contributed by atoms with van der Waals surface area (Å²) in [5.74, 6) is 1.64. The molecule has 100 valence electrons. The molecular weight excluding hydrogens is 260 g/mol. The zero-order valence-corrected chi connectivity index (χ0v) is 12.1. The zero-order valence-electron chi connectivity index (χ0n) is 11.4. The number of para-hydroxylation sites is 1. The van der Waals surface area contributed by atoms with E-state index in [0.29, 0.717) is 11.8 Å². The van der Waals surface area contributed by atoms with E-state index >= 15 is 0 Å². The van der Waals surface area contributed by atoms with Crippen molar-refractivity contribution in [2.24, 2.45) is 0 Å². The van der Waals surface area contributed by atoms with Crippen LogP contribution in [0.2, 0.25) is 0 Å². The number of ether oxygens (including phenoxy) is 1. The van der Waals surface area contributed by atoms with Crippen LogP contribution in [0.25, 0.3) is 0 Å². The first-order chi connectivity index (χ1) is 9.00. The molecular formula is C15H17ClN2O. The Morgan fingerprint density at radius 3 is 2.42 bits per heavy atom. The average molecular weight is 277 g/mol. The molecule has 0 saturated carbocycles. The van der Waals surface area contributed by atoms with Gasteiger partial charge < -0.3 is 4.74 Å². The monoisotopic (exact) mass is 276 g/mol. The zero-order chi connectivity index (χ0) is 13.9. The maximum atomic E-state index is 5.82. The van der Waals surface area contributed by atoms with Gasteiger partial charge in [-0.3, -0.25) is 4.98 Å². The summed E-state index contributed by atoms with van der Waals surface area (Å²) in [5.41, 5.74) is 1.89. The van der Waals surface area contributed by atoms with Crippen LogP contribution in [0.5, 0.6) is 11.6 Å².